The molecule has 0 fully saturated rings. The molecule has 0 atom stereocenters. The molecule has 0 N–H and O–H groups in total. The molecule has 0 nitrogen and oxygen atoms in total. The van der Waals surface area contributed by atoms with Crippen LogP contribution in [0, 0.1) is 19.7 Å². The number of hydrogen-bond acceptors (Lipinski definition) is 0. The van der Waals surface area contributed by atoms with Gasteiger partial charge in [-0.25, -0.2) is 4.39 Å². The maximum atomic E-state index is 14.6. The minimum Gasteiger partial charge on any atom is -0.206 e. The van der Waals surface area contributed by atoms with Crippen molar-refractivity contribution in [1.29, 1.82) is 0 Å². The van der Waals surface area contributed by atoms with E-state index in [2.05, 4.69) is 6.92 Å². The molecule has 4 rings (SSSR count). The summed E-state index contributed by atoms with van der Waals surface area (Å²) in [6.45, 7) is 8.13. The molecule has 0 aliphatic carbocycles. The van der Waals surface area contributed by atoms with Gasteiger partial charge in [-0.1, -0.05) is 106 Å². The molecular weight excluding hydrogens is 532 g/mol. The normalized spacial score (nSPS) is 12.1. The molecule has 0 spiro atoms. The van der Waals surface area contributed by atoms with Crippen molar-refractivity contribution >= 4 is 24.3 Å². The Morgan fingerprint density at radius 1 is 0.619 bits per heavy atom. The Morgan fingerprint density at radius 3 is 1.74 bits per heavy atom. The monoisotopic (exact) mass is 570 g/mol. The van der Waals surface area contributed by atoms with E-state index >= 15 is 0 Å². The number of unbranched alkanes of at least 4 members (excludes halogenated alkanes) is 2. The van der Waals surface area contributed by atoms with Crippen LogP contribution in [-0.2, 0) is 19.0 Å². The molecule has 0 aliphatic heterocycles. The summed E-state index contributed by atoms with van der Waals surface area (Å²) in [6, 6.07) is 21.6. The van der Waals surface area contributed by atoms with E-state index in [9.17, 15) is 17.6 Å². The van der Waals surface area contributed by atoms with E-state index in [0.717, 1.165) is 70.2 Å². The third-order valence-corrected chi connectivity index (χ3v) is 7.89. The summed E-state index contributed by atoms with van der Waals surface area (Å²) in [4.78, 5) is 0. The van der Waals surface area contributed by atoms with Crippen LogP contribution in [0.3, 0.4) is 0 Å². The Bertz CT molecular complexity index is 1590. The fourth-order valence-electron chi connectivity index (χ4n) is 5.29. The van der Waals surface area contributed by atoms with Gasteiger partial charge in [0, 0.05) is 5.56 Å². The summed E-state index contributed by atoms with van der Waals surface area (Å²) in [5.74, 6) is -0.243. The highest BCUT2D eigenvalue weighted by atomic mass is 19.4. The Hall–Kier alpha value is -3.92. The van der Waals surface area contributed by atoms with Crippen LogP contribution in [-0.4, -0.2) is 0 Å². The second-order valence-electron chi connectivity index (χ2n) is 10.8. The lowest BCUT2D eigenvalue weighted by Gasteiger charge is -2.14. The number of hydrogen-bond donors (Lipinski definition) is 0. The van der Waals surface area contributed by atoms with E-state index in [-0.39, 0.29) is 11.4 Å². The van der Waals surface area contributed by atoms with Gasteiger partial charge in [-0.2, -0.15) is 13.2 Å². The number of halogens is 4. The van der Waals surface area contributed by atoms with Crippen LogP contribution >= 0.6 is 0 Å². The van der Waals surface area contributed by atoms with Gasteiger partial charge in [0.2, 0.25) is 0 Å². The van der Waals surface area contributed by atoms with E-state index in [1.165, 1.54) is 12.1 Å². The summed E-state index contributed by atoms with van der Waals surface area (Å²) in [6.07, 6.45) is 7.68. The van der Waals surface area contributed by atoms with Gasteiger partial charge in [-0.05, 0) is 101 Å². The van der Waals surface area contributed by atoms with Gasteiger partial charge in [-0.3, -0.25) is 0 Å². The molecule has 0 radical (unpaired) electrons. The van der Waals surface area contributed by atoms with Crippen LogP contribution < -0.4 is 0 Å². The second-order valence-corrected chi connectivity index (χ2v) is 10.8. The molecule has 0 saturated carbocycles. The maximum Gasteiger partial charge on any atom is 0.416 e. The van der Waals surface area contributed by atoms with Crippen LogP contribution in [0.1, 0.15) is 83.2 Å². The fraction of sp³-hybridized carbons (Fsp3) is 0.263. The van der Waals surface area contributed by atoms with Gasteiger partial charge in [0.1, 0.15) is 5.82 Å². The van der Waals surface area contributed by atoms with Gasteiger partial charge in [0.05, 0.1) is 5.56 Å². The van der Waals surface area contributed by atoms with E-state index in [4.69, 9.17) is 0 Å². The lowest BCUT2D eigenvalue weighted by Crippen LogP contribution is -2.07. The molecule has 0 aliphatic rings. The highest BCUT2D eigenvalue weighted by Crippen LogP contribution is 2.35. The van der Waals surface area contributed by atoms with Gasteiger partial charge in [0.25, 0.3) is 0 Å². The summed E-state index contributed by atoms with van der Waals surface area (Å²) in [5.41, 5.74) is 7.99. The molecule has 0 amide bonds. The zero-order valence-corrected chi connectivity index (χ0v) is 24.8. The van der Waals surface area contributed by atoms with Crippen LogP contribution in [0.2, 0.25) is 0 Å². The van der Waals surface area contributed by atoms with Crippen molar-refractivity contribution in [1.82, 2.24) is 0 Å². The molecule has 0 saturated heterocycles. The number of aryl methyl sites for hydroxylation is 2. The van der Waals surface area contributed by atoms with E-state index in [0.29, 0.717) is 12.0 Å². The van der Waals surface area contributed by atoms with Crippen LogP contribution in [0.15, 0.2) is 72.8 Å². The van der Waals surface area contributed by atoms with Crippen molar-refractivity contribution in [2.45, 2.75) is 66.0 Å². The molecule has 0 heterocycles. The molecule has 4 aromatic rings. The zero-order valence-electron chi connectivity index (χ0n) is 24.8. The van der Waals surface area contributed by atoms with Gasteiger partial charge >= 0.3 is 6.18 Å². The van der Waals surface area contributed by atoms with Crippen LogP contribution in [0.4, 0.5) is 17.6 Å². The van der Waals surface area contributed by atoms with Crippen LogP contribution in [0.25, 0.3) is 35.4 Å². The average molecular weight is 571 g/mol. The van der Waals surface area contributed by atoms with Gasteiger partial charge < -0.3 is 0 Å². The first-order valence-corrected chi connectivity index (χ1v) is 14.7. The number of alkyl halides is 3. The molecule has 4 heteroatoms. The van der Waals surface area contributed by atoms with Crippen molar-refractivity contribution in [2.24, 2.45) is 0 Å². The number of benzene rings is 4. The topological polar surface area (TPSA) is 0 Å². The Balaban J connectivity index is 1.65. The maximum absolute atomic E-state index is 14.6. The Morgan fingerprint density at radius 2 is 1.17 bits per heavy atom. The van der Waals surface area contributed by atoms with E-state index < -0.39 is 11.7 Å². The predicted octanol–water partition coefficient (Wildman–Crippen LogP) is 11.8. The fourth-order valence-corrected chi connectivity index (χ4v) is 5.29. The lowest BCUT2D eigenvalue weighted by molar-refractivity contribution is -0.137. The van der Waals surface area contributed by atoms with Gasteiger partial charge in [-0.15, -0.1) is 0 Å². The van der Waals surface area contributed by atoms with Crippen molar-refractivity contribution in [3.05, 3.63) is 129 Å². The second kappa shape index (κ2) is 13.8. The third kappa shape index (κ3) is 7.47. The third-order valence-electron chi connectivity index (χ3n) is 7.89. The quantitative estimate of drug-likeness (QED) is 0.101. The summed E-state index contributed by atoms with van der Waals surface area (Å²) < 4.78 is 55.6. The van der Waals surface area contributed by atoms with Crippen molar-refractivity contribution in [3.8, 4) is 11.1 Å². The Labute approximate surface area is 247 Å². The summed E-state index contributed by atoms with van der Waals surface area (Å²) in [5, 5.41) is 0. The first-order valence-electron chi connectivity index (χ1n) is 14.7. The minimum absolute atomic E-state index is 0.164. The van der Waals surface area contributed by atoms with Crippen molar-refractivity contribution in [3.63, 3.8) is 0 Å². The predicted molar refractivity (Wildman–Crippen MR) is 170 cm³/mol. The SMILES string of the molecule is CCCCCc1ccc(F)c(/C=C/c2cccc(-c3cccc(/C=C/c4cc(CC)ccc4C(F)(F)F)c3C)c2C)c1. The minimum atomic E-state index is -4.42. The standard InChI is InChI=1S/C38H38F4/c1-5-7-8-11-29-17-23-37(39)33(25-29)21-19-31-13-10-15-35(27(31)4)34-14-9-12-30(26(34)3)18-20-32-24-28(6-2)16-22-36(32)38(40,41)42/h9-10,12-25H,5-8,11H2,1-4H3/b20-18+,21-19+. The first kappa shape index (κ1) is 31.0. The molecule has 42 heavy (non-hydrogen) atoms. The van der Waals surface area contributed by atoms with E-state index in [1.54, 1.807) is 24.3 Å². The van der Waals surface area contributed by atoms with Crippen LogP contribution in [0.5, 0.6) is 0 Å². The van der Waals surface area contributed by atoms with Gasteiger partial charge in [0.15, 0.2) is 0 Å². The molecule has 4 aromatic carbocycles. The summed E-state index contributed by atoms with van der Waals surface area (Å²) >= 11 is 0. The molecular formula is C38H38F4. The average Bonchev–Trinajstić information content (AvgIpc) is 2.97. The highest BCUT2D eigenvalue weighted by molar-refractivity contribution is 5.82. The largest absolute Gasteiger partial charge is 0.416 e. The zero-order chi connectivity index (χ0) is 30.3. The number of rotatable bonds is 10. The molecule has 0 bridgehead atoms. The molecule has 218 valence electrons. The van der Waals surface area contributed by atoms with Crippen molar-refractivity contribution in [2.75, 3.05) is 0 Å². The van der Waals surface area contributed by atoms with E-state index in [1.807, 2.05) is 81.5 Å². The molecule has 0 aromatic heterocycles. The summed E-state index contributed by atoms with van der Waals surface area (Å²) in [7, 11) is 0. The lowest BCUT2D eigenvalue weighted by atomic mass is 9.91. The highest BCUT2D eigenvalue weighted by Gasteiger charge is 2.32. The Kier molecular flexibility index (Phi) is 10.2. The van der Waals surface area contributed by atoms with Crippen molar-refractivity contribution < 1.29 is 17.6 Å². The molecule has 0 unspecified atom stereocenters. The first-order chi connectivity index (χ1) is 20.1. The smallest absolute Gasteiger partial charge is 0.206 e.